The highest BCUT2D eigenvalue weighted by Crippen LogP contribution is 2.30. The lowest BCUT2D eigenvalue weighted by Gasteiger charge is -2.16. The number of nitrogens with zero attached hydrogens (tertiary/aromatic N) is 1. The van der Waals surface area contributed by atoms with Gasteiger partial charge in [0.15, 0.2) is 11.4 Å². The van der Waals surface area contributed by atoms with E-state index in [1.807, 2.05) is 26.0 Å². The van der Waals surface area contributed by atoms with Crippen LogP contribution in [0.5, 0.6) is 0 Å². The minimum atomic E-state index is -0.381. The van der Waals surface area contributed by atoms with Crippen molar-refractivity contribution in [3.05, 3.63) is 64.9 Å². The van der Waals surface area contributed by atoms with E-state index in [9.17, 15) is 4.39 Å². The Morgan fingerprint density at radius 1 is 1.24 bits per heavy atom. The van der Waals surface area contributed by atoms with E-state index in [2.05, 4.69) is 10.4 Å². The average molecular weight is 285 g/mol. The van der Waals surface area contributed by atoms with Crippen molar-refractivity contribution in [1.29, 1.82) is 0 Å². The highest BCUT2D eigenvalue weighted by atomic mass is 19.1. The Bertz CT molecular complexity index is 797. The number of aromatic nitrogens is 1. The molecule has 21 heavy (non-hydrogen) atoms. The molecule has 2 aromatic heterocycles. The molecule has 0 spiro atoms. The maximum atomic E-state index is 13.7. The fraction of sp³-hybridized carbons (Fsp3) is 0.188. The van der Waals surface area contributed by atoms with Crippen molar-refractivity contribution in [3.8, 4) is 0 Å². The number of furan rings is 1. The lowest BCUT2D eigenvalue weighted by Crippen LogP contribution is -2.29. The number of rotatable bonds is 3. The molecule has 1 atom stereocenters. The zero-order valence-electron chi connectivity index (χ0n) is 11.9. The van der Waals surface area contributed by atoms with Crippen LogP contribution in [0.3, 0.4) is 0 Å². The molecule has 0 aliphatic carbocycles. The number of para-hydroxylation sites is 1. The Labute approximate surface area is 121 Å². The van der Waals surface area contributed by atoms with Gasteiger partial charge >= 0.3 is 0 Å². The van der Waals surface area contributed by atoms with Crippen molar-refractivity contribution in [1.82, 2.24) is 10.4 Å². The molecule has 0 amide bonds. The summed E-state index contributed by atoms with van der Waals surface area (Å²) in [7, 11) is 0. The van der Waals surface area contributed by atoms with Crippen LogP contribution in [0.1, 0.15) is 28.8 Å². The Hall–Kier alpha value is -2.24. The minimum Gasteiger partial charge on any atom is -0.456 e. The van der Waals surface area contributed by atoms with Crippen LogP contribution in [0, 0.1) is 19.7 Å². The molecule has 3 aromatic rings. The molecule has 0 aliphatic heterocycles. The molecular weight excluding hydrogens is 269 g/mol. The van der Waals surface area contributed by atoms with Crippen molar-refractivity contribution < 1.29 is 8.81 Å². The number of nitrogens with one attached hydrogen (secondary N) is 1. The second kappa shape index (κ2) is 5.27. The first-order valence-corrected chi connectivity index (χ1v) is 6.68. The van der Waals surface area contributed by atoms with Crippen LogP contribution in [0.2, 0.25) is 0 Å². The number of pyridine rings is 1. The van der Waals surface area contributed by atoms with Crippen LogP contribution < -0.4 is 11.3 Å². The Balaban J connectivity index is 2.11. The molecule has 4 nitrogen and oxygen atoms in total. The predicted octanol–water partition coefficient (Wildman–Crippen LogP) is 3.14. The number of hydrogen-bond donors (Lipinski definition) is 2. The zero-order chi connectivity index (χ0) is 15.0. The fourth-order valence-electron chi connectivity index (χ4n) is 2.52. The van der Waals surface area contributed by atoms with Crippen molar-refractivity contribution >= 4 is 11.0 Å². The summed E-state index contributed by atoms with van der Waals surface area (Å²) in [5, 5.41) is 0.711. The monoisotopic (exact) mass is 285 g/mol. The van der Waals surface area contributed by atoms with Gasteiger partial charge in [0, 0.05) is 16.8 Å². The molecule has 2 heterocycles. The molecule has 0 radical (unpaired) electrons. The lowest BCUT2D eigenvalue weighted by molar-refractivity contribution is 0.463. The second-order valence-corrected chi connectivity index (χ2v) is 5.03. The summed E-state index contributed by atoms with van der Waals surface area (Å²) in [6.45, 7) is 3.84. The van der Waals surface area contributed by atoms with Crippen molar-refractivity contribution in [2.45, 2.75) is 19.9 Å². The summed E-state index contributed by atoms with van der Waals surface area (Å²) in [6.07, 6.45) is 0. The van der Waals surface area contributed by atoms with Crippen molar-refractivity contribution in [2.24, 2.45) is 5.84 Å². The van der Waals surface area contributed by atoms with Gasteiger partial charge in [-0.25, -0.2) is 9.82 Å². The van der Waals surface area contributed by atoms with Gasteiger partial charge in [-0.1, -0.05) is 18.2 Å². The zero-order valence-corrected chi connectivity index (χ0v) is 11.9. The maximum absolute atomic E-state index is 13.7. The van der Waals surface area contributed by atoms with Crippen LogP contribution >= 0.6 is 0 Å². The van der Waals surface area contributed by atoms with Crippen LogP contribution in [0.25, 0.3) is 11.0 Å². The number of hydrogen-bond acceptors (Lipinski definition) is 4. The average Bonchev–Trinajstić information content (AvgIpc) is 2.87. The van der Waals surface area contributed by atoms with Gasteiger partial charge in [-0.15, -0.1) is 0 Å². The van der Waals surface area contributed by atoms with Crippen molar-refractivity contribution in [3.63, 3.8) is 0 Å². The van der Waals surface area contributed by atoms with E-state index < -0.39 is 0 Å². The van der Waals surface area contributed by atoms with E-state index in [0.717, 1.165) is 17.0 Å². The number of benzene rings is 1. The van der Waals surface area contributed by atoms with Gasteiger partial charge < -0.3 is 4.42 Å². The highest BCUT2D eigenvalue weighted by molar-refractivity contribution is 5.78. The predicted molar refractivity (Wildman–Crippen MR) is 79.0 cm³/mol. The van der Waals surface area contributed by atoms with Crippen LogP contribution in [0.15, 0.2) is 40.8 Å². The summed E-state index contributed by atoms with van der Waals surface area (Å²) in [6, 6.07) is 10.1. The molecule has 0 bridgehead atoms. The first-order chi connectivity index (χ1) is 10.1. The molecule has 108 valence electrons. The largest absolute Gasteiger partial charge is 0.456 e. The maximum Gasteiger partial charge on any atom is 0.169 e. The number of fused-ring (bicyclic) bond motifs is 1. The van der Waals surface area contributed by atoms with Gasteiger partial charge in [0.1, 0.15) is 11.8 Å². The number of nitrogens with two attached hydrogens (primary N) is 1. The number of halogens is 1. The third-order valence-corrected chi connectivity index (χ3v) is 3.54. The normalized spacial score (nSPS) is 12.8. The SMILES string of the molecule is Cc1ccc(C(NN)c2cc3cccc(F)c3o2)c(C)n1. The summed E-state index contributed by atoms with van der Waals surface area (Å²) in [5.41, 5.74) is 5.66. The Morgan fingerprint density at radius 3 is 2.71 bits per heavy atom. The third-order valence-electron chi connectivity index (χ3n) is 3.54. The molecule has 1 unspecified atom stereocenters. The first-order valence-electron chi connectivity index (χ1n) is 6.68. The van der Waals surface area contributed by atoms with Crippen LogP contribution in [-0.2, 0) is 0 Å². The molecule has 5 heteroatoms. The van der Waals surface area contributed by atoms with Gasteiger partial charge in [-0.05, 0) is 37.6 Å². The van der Waals surface area contributed by atoms with E-state index in [0.29, 0.717) is 11.1 Å². The molecule has 0 saturated carbocycles. The molecule has 3 rings (SSSR count). The Kier molecular flexibility index (Phi) is 3.45. The lowest BCUT2D eigenvalue weighted by atomic mass is 10.0. The molecule has 0 saturated heterocycles. The smallest absolute Gasteiger partial charge is 0.169 e. The molecule has 1 aromatic carbocycles. The second-order valence-electron chi connectivity index (χ2n) is 5.03. The summed E-state index contributed by atoms with van der Waals surface area (Å²) >= 11 is 0. The Morgan fingerprint density at radius 2 is 2.05 bits per heavy atom. The van der Waals surface area contributed by atoms with Crippen LogP contribution in [0.4, 0.5) is 4.39 Å². The van der Waals surface area contributed by atoms with E-state index in [4.69, 9.17) is 10.3 Å². The third kappa shape index (κ3) is 2.41. The molecule has 0 aliphatic rings. The van der Waals surface area contributed by atoms with E-state index in [1.54, 1.807) is 18.2 Å². The standard InChI is InChI=1S/C16H16FN3O/c1-9-6-7-12(10(2)19-9)15(20-18)14-8-11-4-3-5-13(17)16(11)21-14/h3-8,15,20H,18H2,1-2H3. The van der Waals surface area contributed by atoms with Crippen molar-refractivity contribution in [2.75, 3.05) is 0 Å². The van der Waals surface area contributed by atoms with Gasteiger partial charge in [-0.3, -0.25) is 10.8 Å². The highest BCUT2D eigenvalue weighted by Gasteiger charge is 2.20. The number of hydrazine groups is 1. The molecule has 0 fully saturated rings. The topological polar surface area (TPSA) is 64.1 Å². The fourth-order valence-corrected chi connectivity index (χ4v) is 2.52. The van der Waals surface area contributed by atoms with Crippen LogP contribution in [-0.4, -0.2) is 4.98 Å². The van der Waals surface area contributed by atoms with E-state index >= 15 is 0 Å². The minimum absolute atomic E-state index is 0.241. The summed E-state index contributed by atoms with van der Waals surface area (Å²) in [4.78, 5) is 4.43. The van der Waals surface area contributed by atoms with Gasteiger partial charge in [-0.2, -0.15) is 0 Å². The number of aryl methyl sites for hydroxylation is 2. The molecular formula is C16H16FN3O. The van der Waals surface area contributed by atoms with E-state index in [-0.39, 0.29) is 17.4 Å². The first kappa shape index (κ1) is 13.7. The van der Waals surface area contributed by atoms with Gasteiger partial charge in [0.25, 0.3) is 0 Å². The van der Waals surface area contributed by atoms with Gasteiger partial charge in [0.05, 0.1) is 0 Å². The summed E-state index contributed by atoms with van der Waals surface area (Å²) < 4.78 is 19.4. The van der Waals surface area contributed by atoms with E-state index in [1.165, 1.54) is 6.07 Å². The van der Waals surface area contributed by atoms with Gasteiger partial charge in [0.2, 0.25) is 0 Å². The molecule has 3 N–H and O–H groups in total. The summed E-state index contributed by atoms with van der Waals surface area (Å²) in [5.74, 6) is 5.85. The quantitative estimate of drug-likeness (QED) is 0.573.